The van der Waals surface area contributed by atoms with Gasteiger partial charge in [0.05, 0.1) is 12.2 Å². The van der Waals surface area contributed by atoms with Crippen molar-refractivity contribution in [3.8, 4) is 0 Å². The van der Waals surface area contributed by atoms with E-state index in [0.29, 0.717) is 5.56 Å². The highest BCUT2D eigenvalue weighted by Gasteiger charge is 2.13. The summed E-state index contributed by atoms with van der Waals surface area (Å²) >= 11 is 0. The van der Waals surface area contributed by atoms with E-state index in [1.54, 1.807) is 18.5 Å². The molecule has 104 valence electrons. The highest BCUT2D eigenvalue weighted by molar-refractivity contribution is 5.98. The lowest BCUT2D eigenvalue weighted by atomic mass is 10.2. The van der Waals surface area contributed by atoms with E-state index in [1.807, 2.05) is 6.92 Å². The molecule has 2 heterocycles. The molecule has 0 saturated carbocycles. The van der Waals surface area contributed by atoms with Crippen LogP contribution in [0.15, 0.2) is 35.9 Å². The van der Waals surface area contributed by atoms with Crippen LogP contribution in [-0.2, 0) is 0 Å². The molecule has 1 amide bonds. The predicted molar refractivity (Wildman–Crippen MR) is 71.2 cm³/mol. The Morgan fingerprint density at radius 2 is 2.30 bits per heavy atom. The molecule has 20 heavy (non-hydrogen) atoms. The molecular formula is C12H14N6O2. The number of pyridine rings is 1. The quantitative estimate of drug-likeness (QED) is 0.277. The van der Waals surface area contributed by atoms with Gasteiger partial charge in [-0.3, -0.25) is 14.9 Å². The van der Waals surface area contributed by atoms with Gasteiger partial charge in [-0.25, -0.2) is 0 Å². The van der Waals surface area contributed by atoms with Crippen LogP contribution < -0.4 is 11.1 Å². The number of oxime groups is 1. The summed E-state index contributed by atoms with van der Waals surface area (Å²) in [7, 11) is 0. The summed E-state index contributed by atoms with van der Waals surface area (Å²) < 4.78 is 0. The number of nitrogens with two attached hydrogens (primary N) is 1. The molecule has 2 rings (SSSR count). The van der Waals surface area contributed by atoms with Gasteiger partial charge in [0.15, 0.2) is 5.84 Å². The number of carbonyl (C=O) groups is 1. The van der Waals surface area contributed by atoms with Crippen LogP contribution in [0.2, 0.25) is 0 Å². The lowest BCUT2D eigenvalue weighted by molar-refractivity contribution is 0.0935. The third kappa shape index (κ3) is 2.91. The number of nitrogens with one attached hydrogen (secondary N) is 2. The summed E-state index contributed by atoms with van der Waals surface area (Å²) in [5.41, 5.74) is 6.96. The van der Waals surface area contributed by atoms with Crippen molar-refractivity contribution in [2.45, 2.75) is 13.0 Å². The van der Waals surface area contributed by atoms with Gasteiger partial charge in [-0.05, 0) is 19.1 Å². The second-order valence-electron chi connectivity index (χ2n) is 4.14. The Kier molecular flexibility index (Phi) is 3.94. The first-order chi connectivity index (χ1) is 9.61. The second kappa shape index (κ2) is 5.83. The summed E-state index contributed by atoms with van der Waals surface area (Å²) in [6, 6.07) is 2.87. The Morgan fingerprint density at radius 3 is 2.85 bits per heavy atom. The zero-order valence-electron chi connectivity index (χ0n) is 10.7. The lowest BCUT2D eigenvalue weighted by Gasteiger charge is -2.11. The average molecular weight is 274 g/mol. The SMILES string of the molecule is CC(NC(=O)c1ccc(/C(N)=N/O)cn1)c1cn[nH]c1. The van der Waals surface area contributed by atoms with Crippen molar-refractivity contribution in [1.82, 2.24) is 20.5 Å². The highest BCUT2D eigenvalue weighted by Crippen LogP contribution is 2.10. The molecule has 0 bridgehead atoms. The molecule has 8 heteroatoms. The van der Waals surface area contributed by atoms with Gasteiger partial charge >= 0.3 is 0 Å². The van der Waals surface area contributed by atoms with Crippen molar-refractivity contribution in [2.24, 2.45) is 10.9 Å². The number of amides is 1. The Labute approximate surface area is 114 Å². The Balaban J connectivity index is 2.06. The first-order valence-electron chi connectivity index (χ1n) is 5.85. The molecule has 8 nitrogen and oxygen atoms in total. The Hall–Kier alpha value is -2.90. The molecule has 5 N–H and O–H groups in total. The van der Waals surface area contributed by atoms with Gasteiger partial charge < -0.3 is 16.3 Å². The third-order valence-electron chi connectivity index (χ3n) is 2.77. The van der Waals surface area contributed by atoms with Crippen LogP contribution in [0.4, 0.5) is 0 Å². The number of carbonyl (C=O) groups excluding carboxylic acids is 1. The van der Waals surface area contributed by atoms with Crippen molar-refractivity contribution < 1.29 is 10.0 Å². The number of aromatic nitrogens is 3. The van der Waals surface area contributed by atoms with E-state index in [1.165, 1.54) is 12.3 Å². The van der Waals surface area contributed by atoms with Crippen molar-refractivity contribution in [1.29, 1.82) is 0 Å². The third-order valence-corrected chi connectivity index (χ3v) is 2.77. The van der Waals surface area contributed by atoms with Crippen molar-refractivity contribution in [3.63, 3.8) is 0 Å². The van der Waals surface area contributed by atoms with E-state index in [4.69, 9.17) is 10.9 Å². The number of H-pyrrole nitrogens is 1. The summed E-state index contributed by atoms with van der Waals surface area (Å²) in [6.07, 6.45) is 4.71. The molecule has 0 aliphatic heterocycles. The Morgan fingerprint density at radius 1 is 1.50 bits per heavy atom. The molecule has 2 aromatic rings. The van der Waals surface area contributed by atoms with Crippen LogP contribution in [0.1, 0.15) is 34.6 Å². The molecular weight excluding hydrogens is 260 g/mol. The number of aromatic amines is 1. The van der Waals surface area contributed by atoms with E-state index < -0.39 is 0 Å². The van der Waals surface area contributed by atoms with Crippen molar-refractivity contribution in [2.75, 3.05) is 0 Å². The van der Waals surface area contributed by atoms with Crippen LogP contribution in [-0.4, -0.2) is 32.1 Å². The van der Waals surface area contributed by atoms with Gasteiger partial charge in [-0.2, -0.15) is 5.10 Å². The minimum Gasteiger partial charge on any atom is -0.409 e. The topological polar surface area (TPSA) is 129 Å². The smallest absolute Gasteiger partial charge is 0.270 e. The van der Waals surface area contributed by atoms with Gasteiger partial charge in [0.1, 0.15) is 5.69 Å². The predicted octanol–water partition coefficient (Wildman–Crippen LogP) is 0.390. The molecule has 0 saturated heterocycles. The molecule has 0 spiro atoms. The average Bonchev–Trinajstić information content (AvgIpc) is 3.01. The molecule has 0 radical (unpaired) electrons. The zero-order chi connectivity index (χ0) is 14.5. The molecule has 0 fully saturated rings. The second-order valence-corrected chi connectivity index (χ2v) is 4.14. The largest absolute Gasteiger partial charge is 0.409 e. The maximum absolute atomic E-state index is 12.0. The lowest BCUT2D eigenvalue weighted by Crippen LogP contribution is -2.27. The minimum atomic E-state index is -0.315. The fourth-order valence-electron chi connectivity index (χ4n) is 1.59. The van der Waals surface area contributed by atoms with Crippen LogP contribution in [0.25, 0.3) is 0 Å². The van der Waals surface area contributed by atoms with E-state index in [2.05, 4.69) is 25.7 Å². The maximum Gasteiger partial charge on any atom is 0.270 e. The van der Waals surface area contributed by atoms with Gasteiger partial charge in [-0.1, -0.05) is 5.16 Å². The number of hydrogen-bond acceptors (Lipinski definition) is 5. The van der Waals surface area contributed by atoms with Crippen LogP contribution >= 0.6 is 0 Å². The fraction of sp³-hybridized carbons (Fsp3) is 0.167. The zero-order valence-corrected chi connectivity index (χ0v) is 10.7. The summed E-state index contributed by atoms with van der Waals surface area (Å²) in [5.74, 6) is -0.374. The van der Waals surface area contributed by atoms with Crippen LogP contribution in [0.3, 0.4) is 0 Å². The maximum atomic E-state index is 12.0. The van der Waals surface area contributed by atoms with Gasteiger partial charge in [0.2, 0.25) is 0 Å². The monoisotopic (exact) mass is 274 g/mol. The number of nitrogens with zero attached hydrogens (tertiary/aromatic N) is 3. The summed E-state index contributed by atoms with van der Waals surface area (Å²) in [6.45, 7) is 1.84. The summed E-state index contributed by atoms with van der Waals surface area (Å²) in [4.78, 5) is 16.0. The highest BCUT2D eigenvalue weighted by atomic mass is 16.4. The molecule has 1 unspecified atom stereocenters. The van der Waals surface area contributed by atoms with E-state index in [9.17, 15) is 4.79 Å². The van der Waals surface area contributed by atoms with Crippen molar-refractivity contribution in [3.05, 3.63) is 47.5 Å². The van der Waals surface area contributed by atoms with E-state index >= 15 is 0 Å². The van der Waals surface area contributed by atoms with Gasteiger partial charge in [-0.15, -0.1) is 0 Å². The number of amidine groups is 1. The minimum absolute atomic E-state index is 0.0591. The van der Waals surface area contributed by atoms with E-state index in [0.717, 1.165) is 5.56 Å². The molecule has 0 aliphatic carbocycles. The van der Waals surface area contributed by atoms with E-state index in [-0.39, 0.29) is 23.5 Å². The van der Waals surface area contributed by atoms with Crippen LogP contribution in [0, 0.1) is 0 Å². The standard InChI is InChI=1S/C12H14N6O2/c1-7(9-5-15-16-6-9)17-12(19)10-3-2-8(4-14-10)11(13)18-20/h2-7,20H,1H3,(H2,13,18)(H,15,16)(H,17,19). The molecule has 1 atom stereocenters. The normalized spacial score (nSPS) is 12.9. The summed E-state index contributed by atoms with van der Waals surface area (Å²) in [5, 5.41) is 20.7. The molecule has 0 aliphatic rings. The molecule has 2 aromatic heterocycles. The number of hydrogen-bond donors (Lipinski definition) is 4. The molecule has 0 aromatic carbocycles. The Bertz CT molecular complexity index is 605. The first kappa shape index (κ1) is 13.5. The number of rotatable bonds is 4. The van der Waals surface area contributed by atoms with Gasteiger partial charge in [0, 0.05) is 23.5 Å². The van der Waals surface area contributed by atoms with Gasteiger partial charge in [0.25, 0.3) is 5.91 Å². The first-order valence-corrected chi connectivity index (χ1v) is 5.85. The fourth-order valence-corrected chi connectivity index (χ4v) is 1.59. The van der Waals surface area contributed by atoms with Crippen LogP contribution in [0.5, 0.6) is 0 Å². The van der Waals surface area contributed by atoms with Crippen molar-refractivity contribution >= 4 is 11.7 Å².